The average Bonchev–Trinajstić information content (AvgIpc) is 2.50. The first kappa shape index (κ1) is 15.9. The minimum Gasteiger partial charge on any atom is -0.496 e. The summed E-state index contributed by atoms with van der Waals surface area (Å²) in [6, 6.07) is 5.85. The molecule has 20 heavy (non-hydrogen) atoms. The number of hydrogen-bond donors (Lipinski definition) is 3. The molecule has 0 aromatic heterocycles. The maximum atomic E-state index is 8.79. The van der Waals surface area contributed by atoms with Crippen LogP contribution in [0.3, 0.4) is 0 Å². The first-order valence-electron chi connectivity index (χ1n) is 6.47. The number of methoxy groups -OCH3 is 1. The molecule has 1 aromatic rings. The summed E-state index contributed by atoms with van der Waals surface area (Å²) in [5, 5.41) is 15.2. The highest BCUT2D eigenvalue weighted by Gasteiger charge is 2.10. The Morgan fingerprint density at radius 3 is 2.90 bits per heavy atom. The zero-order valence-electron chi connectivity index (χ0n) is 11.9. The molecule has 4 N–H and O–H groups in total. The third kappa shape index (κ3) is 4.18. The Kier molecular flexibility index (Phi) is 6.41. The van der Waals surface area contributed by atoms with Crippen LogP contribution in [-0.2, 0) is 6.54 Å². The number of rotatable bonds is 7. The highest BCUT2D eigenvalue weighted by atomic mass is 16.5. The van der Waals surface area contributed by atoms with Crippen LogP contribution >= 0.6 is 0 Å². The Hall–Kier alpha value is -2.19. The molecule has 1 aromatic carbocycles. The van der Waals surface area contributed by atoms with Crippen molar-refractivity contribution in [1.82, 2.24) is 5.32 Å². The molecular weight excluding hydrogens is 254 g/mol. The van der Waals surface area contributed by atoms with Crippen molar-refractivity contribution in [3.8, 4) is 18.1 Å². The fourth-order valence-electron chi connectivity index (χ4n) is 1.88. The lowest BCUT2D eigenvalue weighted by Gasteiger charge is -2.15. The summed E-state index contributed by atoms with van der Waals surface area (Å²) in [4.78, 5) is 0. The van der Waals surface area contributed by atoms with Crippen molar-refractivity contribution >= 4 is 5.84 Å². The largest absolute Gasteiger partial charge is 0.496 e. The van der Waals surface area contributed by atoms with E-state index in [0.717, 1.165) is 12.0 Å². The van der Waals surface area contributed by atoms with Crippen LogP contribution in [-0.4, -0.2) is 24.2 Å². The molecule has 0 aliphatic heterocycles. The van der Waals surface area contributed by atoms with Gasteiger partial charge in [0, 0.05) is 19.0 Å². The van der Waals surface area contributed by atoms with E-state index in [0.29, 0.717) is 24.3 Å². The number of nitrogens with one attached hydrogen (secondary N) is 1. The fourth-order valence-corrected chi connectivity index (χ4v) is 1.88. The van der Waals surface area contributed by atoms with E-state index in [4.69, 9.17) is 22.1 Å². The second kappa shape index (κ2) is 8.08. The van der Waals surface area contributed by atoms with E-state index in [2.05, 4.69) is 23.3 Å². The van der Waals surface area contributed by atoms with Gasteiger partial charge in [-0.25, -0.2) is 0 Å². The second-order valence-electron chi connectivity index (χ2n) is 4.41. The Balaban J connectivity index is 2.85. The van der Waals surface area contributed by atoms with Gasteiger partial charge in [-0.3, -0.25) is 0 Å². The molecule has 5 nitrogen and oxygen atoms in total. The summed E-state index contributed by atoms with van der Waals surface area (Å²) in [5.41, 5.74) is 7.23. The van der Waals surface area contributed by atoms with Crippen molar-refractivity contribution in [3.05, 3.63) is 29.3 Å². The van der Waals surface area contributed by atoms with Crippen LogP contribution in [0.5, 0.6) is 5.75 Å². The summed E-state index contributed by atoms with van der Waals surface area (Å²) in [7, 11) is 1.54. The maximum Gasteiger partial charge on any atom is 0.173 e. The topological polar surface area (TPSA) is 79.9 Å². The van der Waals surface area contributed by atoms with Gasteiger partial charge in [-0.1, -0.05) is 18.1 Å². The van der Waals surface area contributed by atoms with Gasteiger partial charge >= 0.3 is 0 Å². The molecule has 5 heteroatoms. The monoisotopic (exact) mass is 275 g/mol. The number of nitrogens with zero attached hydrogens (tertiary/aromatic N) is 1. The van der Waals surface area contributed by atoms with Crippen molar-refractivity contribution < 1.29 is 9.94 Å². The summed E-state index contributed by atoms with van der Waals surface area (Å²) >= 11 is 0. The van der Waals surface area contributed by atoms with Crippen molar-refractivity contribution in [2.75, 3.05) is 7.11 Å². The van der Waals surface area contributed by atoms with Crippen LogP contribution in [0.1, 0.15) is 30.9 Å². The minimum absolute atomic E-state index is 0.0272. The highest BCUT2D eigenvalue weighted by Crippen LogP contribution is 2.19. The summed E-state index contributed by atoms with van der Waals surface area (Å²) in [6.07, 6.45) is 6.99. The number of terminal acetylenes is 1. The third-order valence-electron chi connectivity index (χ3n) is 3.10. The van der Waals surface area contributed by atoms with Crippen LogP contribution in [0.4, 0.5) is 0 Å². The lowest BCUT2D eigenvalue weighted by atomic mass is 10.1. The highest BCUT2D eigenvalue weighted by molar-refractivity contribution is 5.99. The summed E-state index contributed by atoms with van der Waals surface area (Å²) in [5.74, 6) is 3.25. The van der Waals surface area contributed by atoms with Crippen LogP contribution in [0.25, 0.3) is 0 Å². The van der Waals surface area contributed by atoms with E-state index >= 15 is 0 Å². The lowest BCUT2D eigenvalue weighted by molar-refractivity contribution is 0.318. The average molecular weight is 275 g/mol. The van der Waals surface area contributed by atoms with Gasteiger partial charge in [-0.2, -0.15) is 0 Å². The Bertz CT molecular complexity index is 506. The van der Waals surface area contributed by atoms with Gasteiger partial charge in [0.2, 0.25) is 0 Å². The standard InChI is InChI=1S/C15H21N3O2/c1-4-6-12(5-2)17-10-11-7-8-14(20-3)13(9-11)15(16)18-19/h1,7-9,12,17,19H,5-6,10H2,2-3H3,(H2,16,18). The fraction of sp³-hybridized carbons (Fsp3) is 0.400. The number of amidine groups is 1. The van der Waals surface area contributed by atoms with Crippen LogP contribution in [0, 0.1) is 12.3 Å². The molecule has 0 aliphatic carbocycles. The smallest absolute Gasteiger partial charge is 0.173 e. The van der Waals surface area contributed by atoms with E-state index < -0.39 is 0 Å². The summed E-state index contributed by atoms with van der Waals surface area (Å²) < 4.78 is 5.19. The Morgan fingerprint density at radius 1 is 1.60 bits per heavy atom. The molecule has 0 saturated heterocycles. The molecule has 108 valence electrons. The summed E-state index contributed by atoms with van der Waals surface area (Å²) in [6.45, 7) is 2.75. The SMILES string of the molecule is C#CCC(CC)NCc1ccc(OC)c(/C(N)=N/O)c1. The van der Waals surface area contributed by atoms with E-state index in [1.54, 1.807) is 13.2 Å². The molecule has 0 spiro atoms. The molecule has 0 bridgehead atoms. The van der Waals surface area contributed by atoms with E-state index in [1.807, 2.05) is 12.1 Å². The van der Waals surface area contributed by atoms with Gasteiger partial charge in [0.25, 0.3) is 0 Å². The predicted molar refractivity (Wildman–Crippen MR) is 79.9 cm³/mol. The Morgan fingerprint density at radius 2 is 2.35 bits per heavy atom. The number of benzene rings is 1. The van der Waals surface area contributed by atoms with E-state index in [1.165, 1.54) is 0 Å². The van der Waals surface area contributed by atoms with Gasteiger partial charge in [0.05, 0.1) is 12.7 Å². The molecule has 0 saturated carbocycles. The number of hydrogen-bond acceptors (Lipinski definition) is 4. The number of nitrogens with two attached hydrogens (primary N) is 1. The molecular formula is C15H21N3O2. The van der Waals surface area contributed by atoms with E-state index in [9.17, 15) is 0 Å². The van der Waals surface area contributed by atoms with E-state index in [-0.39, 0.29) is 11.9 Å². The molecule has 1 atom stereocenters. The molecule has 0 radical (unpaired) electrons. The zero-order valence-corrected chi connectivity index (χ0v) is 11.9. The van der Waals surface area contributed by atoms with Crippen LogP contribution < -0.4 is 15.8 Å². The molecule has 0 amide bonds. The van der Waals surface area contributed by atoms with Crippen molar-refractivity contribution in [2.45, 2.75) is 32.4 Å². The first-order chi connectivity index (χ1) is 9.65. The first-order valence-corrected chi connectivity index (χ1v) is 6.47. The van der Waals surface area contributed by atoms with Crippen LogP contribution in [0.2, 0.25) is 0 Å². The third-order valence-corrected chi connectivity index (χ3v) is 3.10. The van der Waals surface area contributed by atoms with Crippen molar-refractivity contribution in [2.24, 2.45) is 10.9 Å². The predicted octanol–water partition coefficient (Wildman–Crippen LogP) is 1.68. The van der Waals surface area contributed by atoms with Gasteiger partial charge in [0.15, 0.2) is 5.84 Å². The molecule has 0 fully saturated rings. The number of ether oxygens (including phenoxy) is 1. The molecule has 0 aliphatic rings. The van der Waals surface area contributed by atoms with Crippen molar-refractivity contribution in [3.63, 3.8) is 0 Å². The normalized spacial score (nSPS) is 12.8. The minimum atomic E-state index is 0.0272. The molecule has 1 unspecified atom stereocenters. The zero-order chi connectivity index (χ0) is 15.0. The van der Waals surface area contributed by atoms with Crippen molar-refractivity contribution in [1.29, 1.82) is 0 Å². The quantitative estimate of drug-likeness (QED) is 0.232. The van der Waals surface area contributed by atoms with Gasteiger partial charge in [-0.05, 0) is 24.1 Å². The molecule has 0 heterocycles. The second-order valence-corrected chi connectivity index (χ2v) is 4.41. The lowest BCUT2D eigenvalue weighted by Crippen LogP contribution is -2.27. The number of oxime groups is 1. The van der Waals surface area contributed by atoms with Crippen LogP contribution in [0.15, 0.2) is 23.4 Å². The maximum absolute atomic E-state index is 8.79. The van der Waals surface area contributed by atoms with Gasteiger partial charge in [-0.15, -0.1) is 12.3 Å². The van der Waals surface area contributed by atoms with Gasteiger partial charge in [0.1, 0.15) is 5.75 Å². The Labute approximate surface area is 119 Å². The molecule has 1 rings (SSSR count). The van der Waals surface area contributed by atoms with Gasteiger partial charge < -0.3 is 21.0 Å².